The second kappa shape index (κ2) is 9.92. The molecule has 0 saturated carbocycles. The van der Waals surface area contributed by atoms with Gasteiger partial charge in [0.25, 0.3) is 5.91 Å². The molecule has 3 aromatic heterocycles. The number of carbonyl (C=O) groups is 1. The van der Waals surface area contributed by atoms with Crippen LogP contribution < -0.4 is 15.4 Å². The van der Waals surface area contributed by atoms with E-state index in [1.807, 2.05) is 54.9 Å². The largest absolute Gasteiger partial charge is 0.436 e. The Bertz CT molecular complexity index is 1810. The third kappa shape index (κ3) is 4.45. The van der Waals surface area contributed by atoms with Gasteiger partial charge in [0.2, 0.25) is 5.88 Å². The molecule has 0 saturated heterocycles. The van der Waals surface area contributed by atoms with Gasteiger partial charge in [-0.3, -0.25) is 4.79 Å². The molecule has 2 N–H and O–H groups in total. The van der Waals surface area contributed by atoms with Crippen LogP contribution in [0, 0.1) is 12.7 Å². The predicted molar refractivity (Wildman–Crippen MR) is 154 cm³/mol. The first-order valence-corrected chi connectivity index (χ1v) is 12.9. The summed E-state index contributed by atoms with van der Waals surface area (Å²) in [6.45, 7) is 7.81. The molecular weight excluding hydrogens is 507 g/mol. The van der Waals surface area contributed by atoms with Crippen LogP contribution in [0.15, 0.2) is 73.1 Å². The van der Waals surface area contributed by atoms with Crippen molar-refractivity contribution < 1.29 is 13.9 Å². The first kappa shape index (κ1) is 25.2. The van der Waals surface area contributed by atoms with Crippen molar-refractivity contribution in [2.45, 2.75) is 20.3 Å². The van der Waals surface area contributed by atoms with Crippen molar-refractivity contribution in [3.8, 4) is 34.0 Å². The molecule has 0 bridgehead atoms. The zero-order valence-electron chi connectivity index (χ0n) is 22.4. The summed E-state index contributed by atoms with van der Waals surface area (Å²) in [5, 5.41) is 7.08. The molecule has 0 unspecified atom stereocenters. The number of pyridine rings is 1. The number of benzene rings is 2. The number of rotatable bonds is 5. The van der Waals surface area contributed by atoms with Crippen molar-refractivity contribution in [3.63, 3.8) is 0 Å². The van der Waals surface area contributed by atoms with Gasteiger partial charge < -0.3 is 19.9 Å². The summed E-state index contributed by atoms with van der Waals surface area (Å²) in [7, 11) is 1.93. The minimum absolute atomic E-state index is 0.119. The van der Waals surface area contributed by atoms with Crippen molar-refractivity contribution in [2.24, 2.45) is 7.05 Å². The van der Waals surface area contributed by atoms with E-state index in [4.69, 9.17) is 4.74 Å². The van der Waals surface area contributed by atoms with Gasteiger partial charge in [0.15, 0.2) is 11.6 Å². The quantitative estimate of drug-likeness (QED) is 0.253. The van der Waals surface area contributed by atoms with E-state index < -0.39 is 5.82 Å². The number of nitrogens with one attached hydrogen (secondary N) is 2. The number of amides is 1. The number of hydrogen-bond acceptors (Lipinski definition) is 6. The van der Waals surface area contributed by atoms with E-state index in [-0.39, 0.29) is 11.7 Å². The average molecular weight is 535 g/mol. The summed E-state index contributed by atoms with van der Waals surface area (Å²) in [6, 6.07) is 16.2. The number of fused-ring (bicyclic) bond motifs is 2. The fourth-order valence-electron chi connectivity index (χ4n) is 5.05. The van der Waals surface area contributed by atoms with Gasteiger partial charge in [-0.15, -0.1) is 0 Å². The van der Waals surface area contributed by atoms with Crippen LogP contribution >= 0.6 is 0 Å². The van der Waals surface area contributed by atoms with Crippen LogP contribution in [-0.4, -0.2) is 32.0 Å². The number of halogens is 1. The molecule has 6 rings (SSSR count). The van der Waals surface area contributed by atoms with E-state index in [0.717, 1.165) is 44.7 Å². The molecule has 1 aliphatic rings. The van der Waals surface area contributed by atoms with E-state index in [1.165, 1.54) is 12.4 Å². The highest BCUT2D eigenvalue weighted by Crippen LogP contribution is 2.45. The molecule has 1 amide bonds. The second-order valence-electron chi connectivity index (χ2n) is 9.85. The maximum Gasteiger partial charge on any atom is 0.250 e. The van der Waals surface area contributed by atoms with Crippen LogP contribution in [0.4, 0.5) is 15.9 Å². The van der Waals surface area contributed by atoms with Crippen LogP contribution in [0.5, 0.6) is 11.6 Å². The number of nitrogens with zero attached hydrogens (tertiary/aromatic N) is 4. The van der Waals surface area contributed by atoms with Gasteiger partial charge in [-0.2, -0.15) is 0 Å². The summed E-state index contributed by atoms with van der Waals surface area (Å²) in [5.41, 5.74) is 6.81. The maximum absolute atomic E-state index is 15.7. The van der Waals surface area contributed by atoms with E-state index in [9.17, 15) is 4.79 Å². The minimum Gasteiger partial charge on any atom is -0.436 e. The third-order valence-corrected chi connectivity index (χ3v) is 6.96. The van der Waals surface area contributed by atoms with Crippen molar-refractivity contribution >= 4 is 28.4 Å². The fraction of sp³-hybridized carbons (Fsp3) is 0.161. The summed E-state index contributed by atoms with van der Waals surface area (Å²) in [6.07, 6.45) is 2.15. The van der Waals surface area contributed by atoms with E-state index in [0.29, 0.717) is 35.9 Å². The smallest absolute Gasteiger partial charge is 0.250 e. The van der Waals surface area contributed by atoms with Gasteiger partial charge in [-0.1, -0.05) is 24.8 Å². The number of aryl methyl sites for hydroxylation is 2. The molecule has 0 atom stereocenters. The second-order valence-corrected chi connectivity index (χ2v) is 9.85. The van der Waals surface area contributed by atoms with E-state index in [1.54, 1.807) is 19.1 Å². The van der Waals surface area contributed by atoms with Crippen molar-refractivity contribution in [2.75, 3.05) is 17.2 Å². The Morgan fingerprint density at radius 1 is 1.15 bits per heavy atom. The Morgan fingerprint density at radius 2 is 1.95 bits per heavy atom. The zero-order valence-corrected chi connectivity index (χ0v) is 22.4. The molecule has 200 valence electrons. The van der Waals surface area contributed by atoms with Crippen LogP contribution in [0.25, 0.3) is 33.4 Å². The Balaban J connectivity index is 1.52. The Labute approximate surface area is 230 Å². The Morgan fingerprint density at radius 3 is 2.70 bits per heavy atom. The summed E-state index contributed by atoms with van der Waals surface area (Å²) < 4.78 is 23.6. The normalized spacial score (nSPS) is 12.2. The van der Waals surface area contributed by atoms with Gasteiger partial charge in [0, 0.05) is 42.2 Å². The molecule has 0 fully saturated rings. The highest BCUT2D eigenvalue weighted by molar-refractivity contribution is 6.09. The van der Waals surface area contributed by atoms with Crippen LogP contribution in [0.2, 0.25) is 0 Å². The Kier molecular flexibility index (Phi) is 6.26. The molecule has 0 spiro atoms. The molecular formula is C31H27FN6O2. The van der Waals surface area contributed by atoms with E-state index in [2.05, 4.69) is 32.2 Å². The molecule has 40 heavy (non-hydrogen) atoms. The Hall–Kier alpha value is -5.05. The zero-order chi connectivity index (χ0) is 28.0. The summed E-state index contributed by atoms with van der Waals surface area (Å²) >= 11 is 0. The van der Waals surface area contributed by atoms with Crippen LogP contribution in [0.1, 0.15) is 18.2 Å². The maximum atomic E-state index is 15.7. The highest BCUT2D eigenvalue weighted by atomic mass is 19.1. The van der Waals surface area contributed by atoms with Crippen LogP contribution in [-0.2, 0) is 18.3 Å². The molecule has 2 aromatic carbocycles. The predicted octanol–water partition coefficient (Wildman–Crippen LogP) is 6.42. The van der Waals surface area contributed by atoms with Gasteiger partial charge in [0.05, 0.1) is 11.1 Å². The van der Waals surface area contributed by atoms with Gasteiger partial charge in [-0.05, 0) is 67.3 Å². The molecule has 9 heteroatoms. The molecule has 0 aliphatic carbocycles. The van der Waals surface area contributed by atoms with Gasteiger partial charge >= 0.3 is 0 Å². The SMILES string of the molecule is C=C(C)C(=O)Nc1ccc(-c2c3c4c(ncnc4n2C)NCCc2cc(Oc4cccc(C)n4)c(F)cc2-3)cc1. The van der Waals surface area contributed by atoms with Gasteiger partial charge in [0.1, 0.15) is 17.8 Å². The number of ether oxygens (including phenoxy) is 1. The van der Waals surface area contributed by atoms with Crippen molar-refractivity contribution in [3.05, 3.63) is 90.2 Å². The van der Waals surface area contributed by atoms with Gasteiger partial charge in [-0.25, -0.2) is 19.3 Å². The lowest BCUT2D eigenvalue weighted by Gasteiger charge is -2.19. The molecule has 0 radical (unpaired) electrons. The highest BCUT2D eigenvalue weighted by Gasteiger charge is 2.27. The number of aromatic nitrogens is 4. The lowest BCUT2D eigenvalue weighted by molar-refractivity contribution is -0.112. The summed E-state index contributed by atoms with van der Waals surface area (Å²) in [4.78, 5) is 25.5. The van der Waals surface area contributed by atoms with Crippen molar-refractivity contribution in [1.29, 1.82) is 0 Å². The monoisotopic (exact) mass is 534 g/mol. The molecule has 1 aliphatic heterocycles. The standard InChI is InChI=1S/C31H27FN6O2/c1-17(2)31(39)37-21-10-8-19(9-11-21)28-26-22-15-23(32)24(40-25-7-5-6-18(3)36-25)14-20(22)12-13-33-29-27(26)30(38(28)4)35-16-34-29/h5-11,14-16H,1,12-13H2,2-4H3,(H,37,39)(H,33,34,35). The minimum atomic E-state index is -0.491. The fourth-order valence-corrected chi connectivity index (χ4v) is 5.05. The first-order chi connectivity index (χ1) is 19.3. The first-order valence-electron chi connectivity index (χ1n) is 12.9. The van der Waals surface area contributed by atoms with Crippen molar-refractivity contribution in [1.82, 2.24) is 19.5 Å². The van der Waals surface area contributed by atoms with E-state index >= 15 is 4.39 Å². The average Bonchev–Trinajstić information content (AvgIpc) is 3.22. The molecule has 4 heterocycles. The molecule has 8 nitrogen and oxygen atoms in total. The topological polar surface area (TPSA) is 94.0 Å². The summed E-state index contributed by atoms with van der Waals surface area (Å²) in [5.74, 6) is 0.420. The lowest BCUT2D eigenvalue weighted by Crippen LogP contribution is -2.11. The number of carbonyl (C=O) groups excluding carboxylic acids is 1. The molecule has 5 aromatic rings. The van der Waals surface area contributed by atoms with Crippen LogP contribution in [0.3, 0.4) is 0 Å². The lowest BCUT2D eigenvalue weighted by atomic mass is 9.92. The number of hydrogen-bond donors (Lipinski definition) is 2. The third-order valence-electron chi connectivity index (χ3n) is 6.96. The number of anilines is 2.